The van der Waals surface area contributed by atoms with Crippen LogP contribution in [-0.4, -0.2) is 15.0 Å². The monoisotopic (exact) mass is 740 g/mol. The molecule has 1 aliphatic carbocycles. The number of fused-ring (bicyclic) bond motifs is 9. The maximum Gasteiger partial charge on any atom is 0.164 e. The maximum atomic E-state index is 9.98. The Hall–Kier alpha value is -7.94. The third-order valence-electron chi connectivity index (χ3n) is 11.4. The Morgan fingerprint density at radius 3 is 1.38 bits per heavy atom. The quantitative estimate of drug-likeness (QED) is 0.176. The molecule has 11 rings (SSSR count). The van der Waals surface area contributed by atoms with Gasteiger partial charge in [0.1, 0.15) is 11.5 Å². The van der Waals surface area contributed by atoms with E-state index in [1.165, 1.54) is 22.3 Å². The van der Waals surface area contributed by atoms with Gasteiger partial charge in [-0.3, -0.25) is 0 Å². The molecule has 58 heavy (non-hydrogen) atoms. The molecular weight excluding hydrogens is 709 g/mol. The largest absolute Gasteiger partial charge is 0.457 e. The molecule has 0 unspecified atom stereocenters. The van der Waals surface area contributed by atoms with Gasteiger partial charge in [0.05, 0.1) is 17.0 Å². The van der Waals surface area contributed by atoms with Crippen LogP contribution in [0.5, 0.6) is 11.5 Å². The average molecular weight is 741 g/mol. The average Bonchev–Trinajstić information content (AvgIpc) is 3.59. The SMILES string of the molecule is N#Cc1ccc2c(c1)Oc1cc(-c3cc(-c4ccccc4)cc(-c4nc(-c5ccccc5)nc(-c5ccccc5)n4)c3)ccc1C21c2ccccc2-c2ccccc21. The zero-order valence-electron chi connectivity index (χ0n) is 31.2. The molecule has 0 radical (unpaired) electrons. The number of nitriles is 1. The second kappa shape index (κ2) is 13.4. The van der Waals surface area contributed by atoms with E-state index in [1.807, 2.05) is 78.9 Å². The minimum absolute atomic E-state index is 0.551. The van der Waals surface area contributed by atoms with Crippen molar-refractivity contribution in [2.45, 2.75) is 5.41 Å². The molecule has 1 aromatic heterocycles. The zero-order valence-corrected chi connectivity index (χ0v) is 31.2. The van der Waals surface area contributed by atoms with Crippen LogP contribution in [0.3, 0.4) is 0 Å². The van der Waals surface area contributed by atoms with E-state index in [9.17, 15) is 5.26 Å². The third kappa shape index (κ3) is 5.27. The molecule has 5 nitrogen and oxygen atoms in total. The first-order valence-corrected chi connectivity index (χ1v) is 19.3. The smallest absolute Gasteiger partial charge is 0.164 e. The van der Waals surface area contributed by atoms with Gasteiger partial charge in [-0.1, -0.05) is 158 Å². The van der Waals surface area contributed by atoms with Crippen molar-refractivity contribution >= 4 is 0 Å². The lowest BCUT2D eigenvalue weighted by atomic mass is 9.66. The highest BCUT2D eigenvalue weighted by Gasteiger charge is 2.51. The molecule has 1 spiro atoms. The molecule has 2 heterocycles. The second-order valence-electron chi connectivity index (χ2n) is 14.7. The van der Waals surface area contributed by atoms with E-state index >= 15 is 0 Å². The minimum atomic E-state index is -0.633. The predicted octanol–water partition coefficient (Wildman–Crippen LogP) is 12.5. The molecule has 1 aliphatic heterocycles. The summed E-state index contributed by atoms with van der Waals surface area (Å²) in [5.41, 5.74) is 13.6. The number of benzene rings is 8. The Morgan fingerprint density at radius 1 is 0.362 bits per heavy atom. The summed E-state index contributed by atoms with van der Waals surface area (Å²) in [5, 5.41) is 9.98. The summed E-state index contributed by atoms with van der Waals surface area (Å²) in [6.07, 6.45) is 0. The first kappa shape index (κ1) is 33.4. The lowest BCUT2D eigenvalue weighted by Crippen LogP contribution is -2.32. The Morgan fingerprint density at radius 2 is 0.810 bits per heavy atom. The van der Waals surface area contributed by atoms with Crippen molar-refractivity contribution in [3.8, 4) is 85.1 Å². The highest BCUT2D eigenvalue weighted by Crippen LogP contribution is 2.62. The van der Waals surface area contributed by atoms with Crippen LogP contribution in [0.15, 0.2) is 194 Å². The van der Waals surface area contributed by atoms with Gasteiger partial charge in [0.25, 0.3) is 0 Å². The van der Waals surface area contributed by atoms with Gasteiger partial charge in [-0.25, -0.2) is 15.0 Å². The summed E-state index contributed by atoms with van der Waals surface area (Å²) >= 11 is 0. The molecule has 2 aliphatic rings. The number of rotatable bonds is 5. The highest BCUT2D eigenvalue weighted by molar-refractivity contribution is 5.89. The molecule has 0 saturated heterocycles. The molecule has 0 N–H and O–H groups in total. The molecule has 5 heteroatoms. The minimum Gasteiger partial charge on any atom is -0.457 e. The fourth-order valence-corrected chi connectivity index (χ4v) is 8.82. The van der Waals surface area contributed by atoms with Crippen LogP contribution in [0.4, 0.5) is 0 Å². The normalized spacial score (nSPS) is 12.7. The van der Waals surface area contributed by atoms with Crippen molar-refractivity contribution in [1.82, 2.24) is 15.0 Å². The first-order valence-electron chi connectivity index (χ1n) is 19.3. The zero-order chi connectivity index (χ0) is 38.6. The van der Waals surface area contributed by atoms with E-state index in [1.54, 1.807) is 0 Å². The number of ether oxygens (including phenoxy) is 1. The Labute approximate surface area is 336 Å². The number of hydrogen-bond donors (Lipinski definition) is 0. The first-order chi connectivity index (χ1) is 28.7. The second-order valence-corrected chi connectivity index (χ2v) is 14.7. The van der Waals surface area contributed by atoms with Gasteiger partial charge in [-0.05, 0) is 80.9 Å². The molecule has 0 saturated carbocycles. The maximum absolute atomic E-state index is 9.98. The molecule has 0 atom stereocenters. The van der Waals surface area contributed by atoms with Gasteiger partial charge in [0.15, 0.2) is 17.5 Å². The summed E-state index contributed by atoms with van der Waals surface area (Å²) in [6.45, 7) is 0. The van der Waals surface area contributed by atoms with Gasteiger partial charge in [-0.2, -0.15) is 5.26 Å². The van der Waals surface area contributed by atoms with E-state index in [4.69, 9.17) is 19.7 Å². The molecule has 9 aromatic rings. The molecule has 8 aromatic carbocycles. The summed E-state index contributed by atoms with van der Waals surface area (Å²) in [4.78, 5) is 15.1. The molecule has 270 valence electrons. The van der Waals surface area contributed by atoms with Crippen LogP contribution in [0, 0.1) is 11.3 Å². The fraction of sp³-hybridized carbons (Fsp3) is 0.0189. The van der Waals surface area contributed by atoms with Crippen LogP contribution in [0.2, 0.25) is 0 Å². The van der Waals surface area contributed by atoms with E-state index in [0.29, 0.717) is 28.8 Å². The topological polar surface area (TPSA) is 71.7 Å². The van der Waals surface area contributed by atoms with Crippen molar-refractivity contribution in [1.29, 1.82) is 5.26 Å². The van der Waals surface area contributed by atoms with E-state index in [-0.39, 0.29) is 0 Å². The predicted molar refractivity (Wildman–Crippen MR) is 229 cm³/mol. The van der Waals surface area contributed by atoms with Gasteiger partial charge in [-0.15, -0.1) is 0 Å². The van der Waals surface area contributed by atoms with Crippen molar-refractivity contribution in [2.24, 2.45) is 0 Å². The highest BCUT2D eigenvalue weighted by atomic mass is 16.5. The van der Waals surface area contributed by atoms with Crippen molar-refractivity contribution in [3.05, 3.63) is 222 Å². The standard InChI is InChI=1S/C53H32N4O/c54-33-34-24-26-46-48(28-34)58-49-32-38(25-27-47(49)53(46)44-22-12-10-20-42(44)43-21-11-13-23-45(43)53)40-29-39(35-14-4-1-5-15-35)30-41(31-40)52-56-50(36-16-6-2-7-17-36)55-51(57-52)37-18-8-3-9-19-37/h1-32H. The fourth-order valence-electron chi connectivity index (χ4n) is 8.82. The van der Waals surface area contributed by atoms with Gasteiger partial charge < -0.3 is 4.74 Å². The lowest BCUT2D eigenvalue weighted by molar-refractivity contribution is 0.436. The molecular formula is C53H32N4O. The lowest BCUT2D eigenvalue weighted by Gasteiger charge is -2.39. The van der Waals surface area contributed by atoms with Crippen LogP contribution in [0.1, 0.15) is 27.8 Å². The van der Waals surface area contributed by atoms with E-state index in [2.05, 4.69) is 121 Å². The van der Waals surface area contributed by atoms with Gasteiger partial charge in [0.2, 0.25) is 0 Å². The summed E-state index contributed by atoms with van der Waals surface area (Å²) < 4.78 is 6.87. The summed E-state index contributed by atoms with van der Waals surface area (Å²) in [6, 6.07) is 69.1. The molecule has 0 bridgehead atoms. The summed E-state index contributed by atoms with van der Waals surface area (Å²) in [5.74, 6) is 3.22. The molecule has 0 fully saturated rings. The van der Waals surface area contributed by atoms with E-state index < -0.39 is 5.41 Å². The number of nitrogens with zero attached hydrogens (tertiary/aromatic N) is 4. The van der Waals surface area contributed by atoms with Crippen LogP contribution in [-0.2, 0) is 5.41 Å². The van der Waals surface area contributed by atoms with Gasteiger partial charge in [0, 0.05) is 27.8 Å². The summed E-state index contributed by atoms with van der Waals surface area (Å²) in [7, 11) is 0. The Kier molecular flexibility index (Phi) is 7.70. The van der Waals surface area contributed by atoms with Crippen LogP contribution >= 0.6 is 0 Å². The van der Waals surface area contributed by atoms with Crippen LogP contribution in [0.25, 0.3) is 67.5 Å². The van der Waals surface area contributed by atoms with Crippen molar-refractivity contribution < 1.29 is 4.74 Å². The van der Waals surface area contributed by atoms with Crippen molar-refractivity contribution in [3.63, 3.8) is 0 Å². The number of hydrogen-bond acceptors (Lipinski definition) is 5. The molecule has 0 amide bonds. The number of aromatic nitrogens is 3. The Balaban J connectivity index is 1.13. The van der Waals surface area contributed by atoms with Crippen molar-refractivity contribution in [2.75, 3.05) is 0 Å². The third-order valence-corrected chi connectivity index (χ3v) is 11.4. The van der Waals surface area contributed by atoms with Crippen LogP contribution < -0.4 is 4.74 Å². The Bertz CT molecular complexity index is 3000. The van der Waals surface area contributed by atoms with E-state index in [0.717, 1.165) is 55.8 Å². The van der Waals surface area contributed by atoms with Gasteiger partial charge >= 0.3 is 0 Å².